The third-order valence-corrected chi connectivity index (χ3v) is 5.05. The molecular formula is C15H13FN3O5S+. The molecular weight excluding hydrogens is 353 g/mol. The number of aromatic nitrogens is 1. The van der Waals surface area contributed by atoms with Crippen LogP contribution in [-0.2, 0) is 20.9 Å². The number of thiazole rings is 1. The lowest BCUT2D eigenvalue weighted by Crippen LogP contribution is -2.56. The second-order valence-corrected chi connectivity index (χ2v) is 6.65. The van der Waals surface area contributed by atoms with Gasteiger partial charge in [-0.15, -0.1) is 11.3 Å². The van der Waals surface area contributed by atoms with Gasteiger partial charge in [-0.2, -0.15) is 4.48 Å². The van der Waals surface area contributed by atoms with E-state index in [9.17, 15) is 23.6 Å². The molecule has 2 aromatic rings. The number of rotatable bonds is 5. The molecule has 0 spiro atoms. The number of carboxylic acids is 1. The van der Waals surface area contributed by atoms with E-state index in [0.717, 1.165) is 11.3 Å². The van der Waals surface area contributed by atoms with Gasteiger partial charge in [0.05, 0.1) is 23.3 Å². The summed E-state index contributed by atoms with van der Waals surface area (Å²) in [5, 5.41) is 9.34. The summed E-state index contributed by atoms with van der Waals surface area (Å²) in [6, 6.07) is 3.12. The molecule has 0 saturated carbocycles. The Morgan fingerprint density at radius 2 is 2.08 bits per heavy atom. The first-order chi connectivity index (χ1) is 11.8. The maximum atomic E-state index is 13.3. The Morgan fingerprint density at radius 1 is 1.36 bits per heavy atom. The predicted octanol–water partition coefficient (Wildman–Crippen LogP) is 1.35. The zero-order valence-electron chi connectivity index (χ0n) is 13.1. The molecule has 1 fully saturated rings. The average Bonchev–Trinajstić information content (AvgIpc) is 3.03. The summed E-state index contributed by atoms with van der Waals surface area (Å²) in [4.78, 5) is 53.0. The van der Waals surface area contributed by atoms with Crippen LogP contribution >= 0.6 is 11.3 Å². The Hall–Kier alpha value is -2.72. The molecule has 1 aromatic heterocycles. The van der Waals surface area contributed by atoms with E-state index < -0.39 is 40.7 Å². The Balaban J connectivity index is 1.93. The highest BCUT2D eigenvalue weighted by Gasteiger charge is 2.61. The van der Waals surface area contributed by atoms with Gasteiger partial charge in [-0.05, 0) is 25.1 Å². The summed E-state index contributed by atoms with van der Waals surface area (Å²) in [6.45, 7) is 0.276. The van der Waals surface area contributed by atoms with E-state index in [2.05, 4.69) is 4.98 Å². The minimum atomic E-state index is -1.35. The fourth-order valence-electron chi connectivity index (χ4n) is 2.75. The van der Waals surface area contributed by atoms with Gasteiger partial charge in [0, 0.05) is 0 Å². The van der Waals surface area contributed by atoms with Gasteiger partial charge in [0.25, 0.3) is 0 Å². The van der Waals surface area contributed by atoms with Crippen LogP contribution in [-0.4, -0.2) is 56.4 Å². The highest BCUT2D eigenvalue weighted by Crippen LogP contribution is 2.28. The van der Waals surface area contributed by atoms with Gasteiger partial charge in [-0.1, -0.05) is 0 Å². The minimum Gasteiger partial charge on any atom is -0.477 e. The number of hydrogen-bond acceptors (Lipinski definition) is 6. The standard InChI is InChI=1S/C15H12FN3O5S/c1-2-19(7-12(20)21)14(23)13(22)18(15(19)24)6-11-17-9-4-3-8(16)5-10(9)25-11/h3-5H,2,6-7H2,1H3/p+1. The lowest BCUT2D eigenvalue weighted by Gasteiger charge is -2.23. The van der Waals surface area contributed by atoms with Gasteiger partial charge in [0.1, 0.15) is 10.8 Å². The molecule has 1 N–H and O–H groups in total. The lowest BCUT2D eigenvalue weighted by atomic mass is 10.3. The summed E-state index contributed by atoms with van der Waals surface area (Å²) < 4.78 is 12.7. The van der Waals surface area contributed by atoms with Crippen molar-refractivity contribution >= 4 is 45.4 Å². The first-order valence-corrected chi connectivity index (χ1v) is 8.15. The zero-order chi connectivity index (χ0) is 18.4. The molecule has 0 aliphatic carbocycles. The van der Waals surface area contributed by atoms with Gasteiger partial charge in [-0.3, -0.25) is 4.79 Å². The van der Waals surface area contributed by atoms with Gasteiger partial charge in [0.2, 0.25) is 0 Å². The molecule has 0 radical (unpaired) electrons. The SMILES string of the molecule is CC[N+]1(CC(=O)O)C(=O)C(=O)N(Cc2nc3ccc(F)cc3s2)C1=O. The van der Waals surface area contributed by atoms with Crippen LogP contribution in [0.5, 0.6) is 0 Å². The molecule has 1 unspecified atom stereocenters. The van der Waals surface area contributed by atoms with Crippen molar-refractivity contribution < 1.29 is 33.2 Å². The number of imide groups is 2. The molecule has 130 valence electrons. The van der Waals surface area contributed by atoms with Crippen LogP contribution in [0, 0.1) is 5.82 Å². The van der Waals surface area contributed by atoms with Crippen LogP contribution in [0.1, 0.15) is 11.9 Å². The third-order valence-electron chi connectivity index (χ3n) is 4.05. The number of carboxylic acid groups (broad SMARTS) is 1. The molecule has 1 saturated heterocycles. The smallest absolute Gasteiger partial charge is 0.435 e. The summed E-state index contributed by atoms with van der Waals surface area (Å²) >= 11 is 1.09. The van der Waals surface area contributed by atoms with Crippen LogP contribution in [0.15, 0.2) is 18.2 Å². The van der Waals surface area contributed by atoms with Gasteiger partial charge in [-0.25, -0.2) is 28.7 Å². The Bertz CT molecular complexity index is 927. The van der Waals surface area contributed by atoms with Gasteiger partial charge < -0.3 is 5.11 Å². The normalized spacial score (nSPS) is 20.7. The van der Waals surface area contributed by atoms with Gasteiger partial charge in [0.15, 0.2) is 6.54 Å². The highest BCUT2D eigenvalue weighted by molar-refractivity contribution is 7.18. The monoisotopic (exact) mass is 366 g/mol. The number of amides is 4. The Kier molecular flexibility index (Phi) is 4.09. The number of aliphatic carboxylic acids is 1. The van der Waals surface area contributed by atoms with E-state index in [-0.39, 0.29) is 13.1 Å². The summed E-state index contributed by atoms with van der Waals surface area (Å²) in [5.74, 6) is -3.91. The van der Waals surface area contributed by atoms with Crippen molar-refractivity contribution in [2.45, 2.75) is 13.5 Å². The van der Waals surface area contributed by atoms with Gasteiger partial charge >= 0.3 is 23.8 Å². The van der Waals surface area contributed by atoms with Crippen molar-refractivity contribution in [2.75, 3.05) is 13.1 Å². The van der Waals surface area contributed by atoms with Crippen LogP contribution < -0.4 is 0 Å². The van der Waals surface area contributed by atoms with Crippen molar-refractivity contribution in [3.63, 3.8) is 0 Å². The van der Waals surface area contributed by atoms with Crippen LogP contribution in [0.4, 0.5) is 9.18 Å². The highest BCUT2D eigenvalue weighted by atomic mass is 32.1. The van der Waals surface area contributed by atoms with E-state index in [4.69, 9.17) is 5.11 Å². The maximum absolute atomic E-state index is 13.3. The molecule has 3 rings (SSSR count). The molecule has 1 aliphatic heterocycles. The van der Waals surface area contributed by atoms with Crippen LogP contribution in [0.3, 0.4) is 0 Å². The first-order valence-electron chi connectivity index (χ1n) is 7.33. The first kappa shape index (κ1) is 17.1. The zero-order valence-corrected chi connectivity index (χ0v) is 13.9. The molecule has 0 bridgehead atoms. The third kappa shape index (κ3) is 2.68. The maximum Gasteiger partial charge on any atom is 0.435 e. The average molecular weight is 366 g/mol. The van der Waals surface area contributed by atoms with E-state index in [1.807, 2.05) is 0 Å². The predicted molar refractivity (Wildman–Crippen MR) is 83.8 cm³/mol. The van der Waals surface area contributed by atoms with Crippen LogP contribution in [0.2, 0.25) is 0 Å². The fourth-order valence-corrected chi connectivity index (χ4v) is 3.73. The summed E-state index contributed by atoms with van der Waals surface area (Å²) in [6.07, 6.45) is 0. The number of hydrogen-bond donors (Lipinski definition) is 1. The second kappa shape index (κ2) is 5.97. The largest absolute Gasteiger partial charge is 0.477 e. The lowest BCUT2D eigenvalue weighted by molar-refractivity contribution is -0.758. The number of nitrogens with zero attached hydrogens (tertiary/aromatic N) is 3. The number of benzene rings is 1. The summed E-state index contributed by atoms with van der Waals surface area (Å²) in [7, 11) is 0. The second-order valence-electron chi connectivity index (χ2n) is 5.53. The minimum absolute atomic E-state index is 0.142. The van der Waals surface area contributed by atoms with E-state index in [1.54, 1.807) is 0 Å². The Morgan fingerprint density at radius 3 is 2.72 bits per heavy atom. The quantitative estimate of drug-likeness (QED) is 0.486. The molecule has 1 atom stereocenters. The number of halogens is 1. The molecule has 1 aromatic carbocycles. The number of fused-ring (bicyclic) bond motifs is 1. The van der Waals surface area contributed by atoms with E-state index >= 15 is 0 Å². The van der Waals surface area contributed by atoms with Crippen molar-refractivity contribution in [1.29, 1.82) is 0 Å². The molecule has 4 amide bonds. The van der Waals surface area contributed by atoms with Crippen molar-refractivity contribution in [3.8, 4) is 0 Å². The number of carbonyl (C=O) groups is 4. The van der Waals surface area contributed by atoms with Crippen molar-refractivity contribution in [1.82, 2.24) is 9.88 Å². The van der Waals surface area contributed by atoms with Crippen LogP contribution in [0.25, 0.3) is 10.2 Å². The number of likely N-dealkylation sites (N-methyl/N-ethyl adjacent to an activating group) is 1. The Labute approximate surface area is 144 Å². The molecule has 1 aliphatic rings. The van der Waals surface area contributed by atoms with Crippen molar-refractivity contribution in [3.05, 3.63) is 29.0 Å². The molecule has 2 heterocycles. The molecule has 8 nitrogen and oxygen atoms in total. The molecule has 10 heteroatoms. The van der Waals surface area contributed by atoms with E-state index in [0.29, 0.717) is 20.1 Å². The number of quaternary nitrogens is 1. The number of urea groups is 1. The van der Waals surface area contributed by atoms with E-state index in [1.165, 1.54) is 25.1 Å². The topological polar surface area (TPSA) is 105 Å². The molecule has 25 heavy (non-hydrogen) atoms. The fraction of sp³-hybridized carbons (Fsp3) is 0.267. The summed E-state index contributed by atoms with van der Waals surface area (Å²) in [5.41, 5.74) is 0.508. The number of carbonyl (C=O) groups excluding carboxylic acids is 3. The van der Waals surface area contributed by atoms with Crippen molar-refractivity contribution in [2.24, 2.45) is 0 Å².